The summed E-state index contributed by atoms with van der Waals surface area (Å²) in [6, 6.07) is 15.9. The molecule has 3 nitrogen and oxygen atoms in total. The van der Waals surface area contributed by atoms with Crippen molar-refractivity contribution in [2.75, 3.05) is 20.2 Å². The third-order valence-electron chi connectivity index (χ3n) is 4.27. The Morgan fingerprint density at radius 1 is 1.13 bits per heavy atom. The second kappa shape index (κ2) is 7.71. The van der Waals surface area contributed by atoms with Gasteiger partial charge in [0.05, 0.1) is 7.11 Å². The molecule has 1 unspecified atom stereocenters. The van der Waals surface area contributed by atoms with Crippen molar-refractivity contribution in [1.29, 1.82) is 0 Å². The van der Waals surface area contributed by atoms with Crippen molar-refractivity contribution in [1.82, 2.24) is 5.32 Å². The lowest BCUT2D eigenvalue weighted by Gasteiger charge is -2.32. The largest absolute Gasteiger partial charge is 0.493 e. The zero-order valence-corrected chi connectivity index (χ0v) is 14.1. The van der Waals surface area contributed by atoms with Gasteiger partial charge >= 0.3 is 0 Å². The van der Waals surface area contributed by atoms with E-state index in [1.165, 1.54) is 12.0 Å². The molecule has 0 aromatic heterocycles. The highest BCUT2D eigenvalue weighted by Crippen LogP contribution is 2.37. The third-order valence-corrected chi connectivity index (χ3v) is 4.51. The fourth-order valence-electron chi connectivity index (χ4n) is 3.09. The minimum atomic E-state index is -0.000856. The summed E-state index contributed by atoms with van der Waals surface area (Å²) in [5.74, 6) is 1.84. The van der Waals surface area contributed by atoms with E-state index in [-0.39, 0.29) is 6.10 Å². The predicted molar refractivity (Wildman–Crippen MR) is 93.4 cm³/mol. The molecular formula is C19H22ClNO2. The summed E-state index contributed by atoms with van der Waals surface area (Å²) in [4.78, 5) is 0. The van der Waals surface area contributed by atoms with E-state index in [9.17, 15) is 0 Å². The highest BCUT2D eigenvalue weighted by molar-refractivity contribution is 6.30. The molecule has 122 valence electrons. The van der Waals surface area contributed by atoms with Crippen LogP contribution in [0.5, 0.6) is 11.5 Å². The highest BCUT2D eigenvalue weighted by Gasteiger charge is 2.27. The summed E-state index contributed by atoms with van der Waals surface area (Å²) in [5, 5.41) is 4.12. The van der Waals surface area contributed by atoms with Crippen LogP contribution in [-0.4, -0.2) is 20.2 Å². The molecular weight excluding hydrogens is 310 g/mol. The zero-order valence-electron chi connectivity index (χ0n) is 13.3. The monoisotopic (exact) mass is 331 g/mol. The molecule has 0 spiro atoms. The summed E-state index contributed by atoms with van der Waals surface area (Å²) in [7, 11) is 1.64. The van der Waals surface area contributed by atoms with Gasteiger partial charge in [-0.05, 0) is 37.1 Å². The normalized spacial score (nSPS) is 19.1. The molecule has 23 heavy (non-hydrogen) atoms. The molecule has 1 saturated heterocycles. The number of ether oxygens (including phenoxy) is 2. The van der Waals surface area contributed by atoms with E-state index in [2.05, 4.69) is 29.6 Å². The SMILES string of the molecule is COc1cc(Cl)ccc1OC(c1ccccc1)[C@H]1CCCNC1. The van der Waals surface area contributed by atoms with E-state index in [4.69, 9.17) is 21.1 Å². The van der Waals surface area contributed by atoms with Crippen molar-refractivity contribution in [2.24, 2.45) is 5.92 Å². The topological polar surface area (TPSA) is 30.5 Å². The van der Waals surface area contributed by atoms with Crippen molar-refractivity contribution in [3.8, 4) is 11.5 Å². The molecule has 1 aliphatic rings. The van der Waals surface area contributed by atoms with Gasteiger partial charge in [-0.1, -0.05) is 41.9 Å². The first-order valence-electron chi connectivity index (χ1n) is 8.04. The maximum absolute atomic E-state index is 6.39. The van der Waals surface area contributed by atoms with Gasteiger partial charge < -0.3 is 14.8 Å². The van der Waals surface area contributed by atoms with Crippen LogP contribution in [0.2, 0.25) is 5.02 Å². The summed E-state index contributed by atoms with van der Waals surface area (Å²) < 4.78 is 11.8. The quantitative estimate of drug-likeness (QED) is 0.877. The van der Waals surface area contributed by atoms with Crippen molar-refractivity contribution < 1.29 is 9.47 Å². The molecule has 1 heterocycles. The lowest BCUT2D eigenvalue weighted by Crippen LogP contribution is -2.35. The number of hydrogen-bond acceptors (Lipinski definition) is 3. The lowest BCUT2D eigenvalue weighted by molar-refractivity contribution is 0.112. The van der Waals surface area contributed by atoms with Gasteiger partial charge in [-0.25, -0.2) is 0 Å². The smallest absolute Gasteiger partial charge is 0.162 e. The number of halogens is 1. The maximum atomic E-state index is 6.39. The fraction of sp³-hybridized carbons (Fsp3) is 0.368. The molecule has 0 radical (unpaired) electrons. The molecule has 0 bridgehead atoms. The zero-order chi connectivity index (χ0) is 16.1. The second-order valence-corrected chi connectivity index (χ2v) is 6.29. The molecule has 0 aliphatic carbocycles. The van der Waals surface area contributed by atoms with Gasteiger partial charge in [0.2, 0.25) is 0 Å². The maximum Gasteiger partial charge on any atom is 0.162 e. The third kappa shape index (κ3) is 3.98. The van der Waals surface area contributed by atoms with Crippen LogP contribution >= 0.6 is 11.6 Å². The van der Waals surface area contributed by atoms with E-state index in [0.29, 0.717) is 16.7 Å². The van der Waals surface area contributed by atoms with Gasteiger partial charge in [0.1, 0.15) is 6.10 Å². The Hall–Kier alpha value is -1.71. The molecule has 2 atom stereocenters. The Labute approximate surface area is 142 Å². The van der Waals surface area contributed by atoms with E-state index in [0.717, 1.165) is 25.3 Å². The number of hydrogen-bond donors (Lipinski definition) is 1. The Kier molecular flexibility index (Phi) is 5.42. The second-order valence-electron chi connectivity index (χ2n) is 5.85. The molecule has 0 saturated carbocycles. The number of rotatable bonds is 5. The van der Waals surface area contributed by atoms with Crippen molar-refractivity contribution >= 4 is 11.6 Å². The number of piperidine rings is 1. The Bertz CT molecular complexity index is 627. The van der Waals surface area contributed by atoms with Crippen molar-refractivity contribution in [3.63, 3.8) is 0 Å². The number of methoxy groups -OCH3 is 1. The molecule has 1 fully saturated rings. The molecule has 1 aliphatic heterocycles. The van der Waals surface area contributed by atoms with Crippen LogP contribution < -0.4 is 14.8 Å². The van der Waals surface area contributed by atoms with Crippen LogP contribution in [0.3, 0.4) is 0 Å². The molecule has 4 heteroatoms. The van der Waals surface area contributed by atoms with Gasteiger partial charge in [-0.3, -0.25) is 0 Å². The minimum absolute atomic E-state index is 0.000856. The van der Waals surface area contributed by atoms with Crippen molar-refractivity contribution in [3.05, 3.63) is 59.1 Å². The molecule has 1 N–H and O–H groups in total. The molecule has 2 aromatic carbocycles. The van der Waals surface area contributed by atoms with Crippen LogP contribution in [0.25, 0.3) is 0 Å². The standard InChI is InChI=1S/C19H22ClNO2/c1-22-18-12-16(20)9-10-17(18)23-19(14-6-3-2-4-7-14)15-8-5-11-21-13-15/h2-4,6-7,9-10,12,15,19,21H,5,8,11,13H2,1H3/t15-,19?/m0/s1. The van der Waals surface area contributed by atoms with Crippen LogP contribution in [0.1, 0.15) is 24.5 Å². The van der Waals surface area contributed by atoms with E-state index in [1.807, 2.05) is 18.2 Å². The average molecular weight is 332 g/mol. The van der Waals surface area contributed by atoms with E-state index in [1.54, 1.807) is 13.2 Å². The van der Waals surface area contributed by atoms with Gasteiger partial charge in [0.25, 0.3) is 0 Å². The van der Waals surface area contributed by atoms with Gasteiger partial charge in [-0.2, -0.15) is 0 Å². The first-order chi connectivity index (χ1) is 11.3. The minimum Gasteiger partial charge on any atom is -0.493 e. The first-order valence-corrected chi connectivity index (χ1v) is 8.41. The van der Waals surface area contributed by atoms with Crippen LogP contribution in [0.15, 0.2) is 48.5 Å². The number of benzene rings is 2. The Morgan fingerprint density at radius 3 is 2.65 bits per heavy atom. The van der Waals surface area contributed by atoms with Crippen molar-refractivity contribution in [2.45, 2.75) is 18.9 Å². The molecule has 3 rings (SSSR count). The Balaban J connectivity index is 1.89. The van der Waals surface area contributed by atoms with Crippen LogP contribution in [0.4, 0.5) is 0 Å². The summed E-state index contributed by atoms with van der Waals surface area (Å²) in [6.45, 7) is 2.05. The van der Waals surface area contributed by atoms with E-state index < -0.39 is 0 Å². The van der Waals surface area contributed by atoms with Gasteiger partial charge in [0.15, 0.2) is 11.5 Å². The van der Waals surface area contributed by atoms with Crippen LogP contribution in [0, 0.1) is 5.92 Å². The van der Waals surface area contributed by atoms with Gasteiger partial charge in [-0.15, -0.1) is 0 Å². The summed E-state index contributed by atoms with van der Waals surface area (Å²) in [5.41, 5.74) is 1.19. The first kappa shape index (κ1) is 16.2. The number of nitrogens with one attached hydrogen (secondary N) is 1. The predicted octanol–water partition coefficient (Wildman–Crippen LogP) is 4.47. The molecule has 2 aromatic rings. The van der Waals surface area contributed by atoms with Gasteiger partial charge in [0, 0.05) is 23.6 Å². The molecule has 0 amide bonds. The highest BCUT2D eigenvalue weighted by atomic mass is 35.5. The Morgan fingerprint density at radius 2 is 1.96 bits per heavy atom. The average Bonchev–Trinajstić information content (AvgIpc) is 2.62. The fourth-order valence-corrected chi connectivity index (χ4v) is 3.25. The van der Waals surface area contributed by atoms with E-state index >= 15 is 0 Å². The summed E-state index contributed by atoms with van der Waals surface area (Å²) in [6.07, 6.45) is 2.33. The summed E-state index contributed by atoms with van der Waals surface area (Å²) >= 11 is 6.05. The van der Waals surface area contributed by atoms with Crippen LogP contribution in [-0.2, 0) is 0 Å². The lowest BCUT2D eigenvalue weighted by atomic mass is 9.89.